The number of hydrogen-bond acceptors (Lipinski definition) is 2. The minimum absolute atomic E-state index is 0.153. The van der Waals surface area contributed by atoms with Crippen LogP contribution in [-0.4, -0.2) is 35.2 Å². The minimum Gasteiger partial charge on any atom is -0.392 e. The van der Waals surface area contributed by atoms with Gasteiger partial charge in [-0.05, 0) is 45.1 Å². The average Bonchev–Trinajstić information content (AvgIpc) is 2.51. The Morgan fingerprint density at radius 2 is 2.08 bits per heavy atom. The summed E-state index contributed by atoms with van der Waals surface area (Å²) in [5.41, 5.74) is 0. The standard InChI is InChI=1S/C11H21NO/c1-9(13)8-12-7-3-5-10-4-2-6-11(10)12/h9-11,13H,2-8H2,1H3/t9-,10?,11?/m1/s1. The molecule has 1 saturated carbocycles. The summed E-state index contributed by atoms with van der Waals surface area (Å²) in [6.07, 6.45) is 6.83. The fourth-order valence-electron chi connectivity index (χ4n) is 3.12. The highest BCUT2D eigenvalue weighted by atomic mass is 16.3. The highest BCUT2D eigenvalue weighted by Crippen LogP contribution is 2.36. The molecule has 0 radical (unpaired) electrons. The van der Waals surface area contributed by atoms with Crippen molar-refractivity contribution in [3.05, 3.63) is 0 Å². The molecule has 1 saturated heterocycles. The Hall–Kier alpha value is -0.0800. The van der Waals surface area contributed by atoms with E-state index < -0.39 is 0 Å². The van der Waals surface area contributed by atoms with E-state index in [0.717, 1.165) is 18.5 Å². The summed E-state index contributed by atoms with van der Waals surface area (Å²) in [7, 11) is 0. The van der Waals surface area contributed by atoms with Gasteiger partial charge in [-0.3, -0.25) is 4.90 Å². The number of hydrogen-bond donors (Lipinski definition) is 1. The molecule has 76 valence electrons. The van der Waals surface area contributed by atoms with E-state index in [-0.39, 0.29) is 6.10 Å². The van der Waals surface area contributed by atoms with E-state index >= 15 is 0 Å². The predicted octanol–water partition coefficient (Wildman–Crippen LogP) is 1.63. The van der Waals surface area contributed by atoms with Crippen LogP contribution in [0.25, 0.3) is 0 Å². The van der Waals surface area contributed by atoms with E-state index in [9.17, 15) is 5.11 Å². The summed E-state index contributed by atoms with van der Waals surface area (Å²) < 4.78 is 0. The van der Waals surface area contributed by atoms with Crippen LogP contribution in [0.5, 0.6) is 0 Å². The average molecular weight is 183 g/mol. The van der Waals surface area contributed by atoms with Crippen LogP contribution in [0, 0.1) is 5.92 Å². The van der Waals surface area contributed by atoms with Gasteiger partial charge in [0.25, 0.3) is 0 Å². The van der Waals surface area contributed by atoms with Gasteiger partial charge >= 0.3 is 0 Å². The quantitative estimate of drug-likeness (QED) is 0.703. The maximum Gasteiger partial charge on any atom is 0.0639 e. The number of rotatable bonds is 2. The van der Waals surface area contributed by atoms with Crippen molar-refractivity contribution in [2.45, 2.75) is 51.2 Å². The van der Waals surface area contributed by atoms with Crippen molar-refractivity contribution < 1.29 is 5.11 Å². The molecule has 2 aliphatic rings. The summed E-state index contributed by atoms with van der Waals surface area (Å²) in [5.74, 6) is 0.951. The van der Waals surface area contributed by atoms with Gasteiger partial charge in [0.15, 0.2) is 0 Å². The lowest BCUT2D eigenvalue weighted by atomic mass is 9.92. The third kappa shape index (κ3) is 2.05. The molecule has 2 fully saturated rings. The molecule has 1 heterocycles. The third-order valence-corrected chi connectivity index (χ3v) is 3.61. The molecule has 0 bridgehead atoms. The Kier molecular flexibility index (Phi) is 2.89. The van der Waals surface area contributed by atoms with Crippen molar-refractivity contribution in [1.29, 1.82) is 0 Å². The molecule has 1 aliphatic carbocycles. The zero-order chi connectivity index (χ0) is 9.26. The monoisotopic (exact) mass is 183 g/mol. The Bertz CT molecular complexity index is 169. The van der Waals surface area contributed by atoms with Crippen LogP contribution in [0.15, 0.2) is 0 Å². The van der Waals surface area contributed by atoms with E-state index in [1.54, 1.807) is 0 Å². The first kappa shape index (κ1) is 9.47. The first-order chi connectivity index (χ1) is 6.27. The molecule has 3 atom stereocenters. The van der Waals surface area contributed by atoms with Gasteiger partial charge in [0.2, 0.25) is 0 Å². The van der Waals surface area contributed by atoms with Crippen molar-refractivity contribution in [2.75, 3.05) is 13.1 Å². The molecule has 2 unspecified atom stereocenters. The maximum atomic E-state index is 9.38. The maximum absolute atomic E-state index is 9.38. The Balaban J connectivity index is 1.93. The van der Waals surface area contributed by atoms with Gasteiger partial charge in [-0.2, -0.15) is 0 Å². The Morgan fingerprint density at radius 3 is 2.85 bits per heavy atom. The lowest BCUT2D eigenvalue weighted by Gasteiger charge is -2.38. The van der Waals surface area contributed by atoms with Gasteiger partial charge in [0.1, 0.15) is 0 Å². The lowest BCUT2D eigenvalue weighted by Crippen LogP contribution is -2.45. The molecule has 2 rings (SSSR count). The molecule has 1 N–H and O–H groups in total. The zero-order valence-electron chi connectivity index (χ0n) is 8.58. The highest BCUT2D eigenvalue weighted by molar-refractivity contribution is 4.89. The second-order valence-corrected chi connectivity index (χ2v) is 4.74. The third-order valence-electron chi connectivity index (χ3n) is 3.61. The topological polar surface area (TPSA) is 23.5 Å². The van der Waals surface area contributed by atoms with Crippen LogP contribution in [0.1, 0.15) is 39.0 Å². The molecule has 0 aromatic rings. The molecule has 13 heavy (non-hydrogen) atoms. The van der Waals surface area contributed by atoms with Crippen molar-refractivity contribution in [1.82, 2.24) is 4.90 Å². The largest absolute Gasteiger partial charge is 0.392 e. The number of β-amino-alcohol motifs (C(OH)–C–C–N with tert-alkyl or cyclic N) is 1. The van der Waals surface area contributed by atoms with E-state index in [1.807, 2.05) is 6.92 Å². The normalized spacial score (nSPS) is 37.4. The van der Waals surface area contributed by atoms with Crippen molar-refractivity contribution in [3.63, 3.8) is 0 Å². The van der Waals surface area contributed by atoms with Crippen LogP contribution in [0.4, 0.5) is 0 Å². The summed E-state index contributed by atoms with van der Waals surface area (Å²) in [5, 5.41) is 9.38. The van der Waals surface area contributed by atoms with Crippen LogP contribution < -0.4 is 0 Å². The summed E-state index contributed by atoms with van der Waals surface area (Å²) in [6, 6.07) is 0.809. The van der Waals surface area contributed by atoms with Crippen LogP contribution in [0.3, 0.4) is 0 Å². The number of likely N-dealkylation sites (tertiary alicyclic amines) is 1. The fraction of sp³-hybridized carbons (Fsp3) is 1.00. The Morgan fingerprint density at radius 1 is 1.31 bits per heavy atom. The summed E-state index contributed by atoms with van der Waals surface area (Å²) in [6.45, 7) is 4.01. The number of fused-ring (bicyclic) bond motifs is 1. The van der Waals surface area contributed by atoms with Crippen LogP contribution in [0.2, 0.25) is 0 Å². The molecule has 0 aromatic carbocycles. The van der Waals surface area contributed by atoms with Crippen LogP contribution >= 0.6 is 0 Å². The molecular formula is C11H21NO. The van der Waals surface area contributed by atoms with Gasteiger partial charge in [-0.1, -0.05) is 6.42 Å². The van der Waals surface area contributed by atoms with E-state index in [4.69, 9.17) is 0 Å². The highest BCUT2D eigenvalue weighted by Gasteiger charge is 2.34. The first-order valence-electron chi connectivity index (χ1n) is 5.69. The van der Waals surface area contributed by atoms with E-state index in [0.29, 0.717) is 0 Å². The van der Waals surface area contributed by atoms with E-state index in [1.165, 1.54) is 38.6 Å². The molecule has 0 spiro atoms. The lowest BCUT2D eigenvalue weighted by molar-refractivity contribution is 0.0586. The van der Waals surface area contributed by atoms with Crippen molar-refractivity contribution >= 4 is 0 Å². The number of piperidine rings is 1. The second kappa shape index (κ2) is 3.97. The van der Waals surface area contributed by atoms with Crippen molar-refractivity contribution in [3.8, 4) is 0 Å². The van der Waals surface area contributed by atoms with Gasteiger partial charge in [0, 0.05) is 12.6 Å². The fourth-order valence-corrected chi connectivity index (χ4v) is 3.12. The van der Waals surface area contributed by atoms with Crippen LogP contribution in [-0.2, 0) is 0 Å². The van der Waals surface area contributed by atoms with Crippen molar-refractivity contribution in [2.24, 2.45) is 5.92 Å². The number of aliphatic hydroxyl groups excluding tert-OH is 1. The van der Waals surface area contributed by atoms with Gasteiger partial charge in [-0.25, -0.2) is 0 Å². The molecule has 0 amide bonds. The van der Waals surface area contributed by atoms with Gasteiger partial charge < -0.3 is 5.11 Å². The van der Waals surface area contributed by atoms with Gasteiger partial charge in [-0.15, -0.1) is 0 Å². The molecule has 0 aromatic heterocycles. The number of aliphatic hydroxyl groups is 1. The molecule has 1 aliphatic heterocycles. The SMILES string of the molecule is C[C@@H](O)CN1CCCC2CCCC21. The smallest absolute Gasteiger partial charge is 0.0639 e. The molecular weight excluding hydrogens is 162 g/mol. The number of nitrogens with zero attached hydrogens (tertiary/aromatic N) is 1. The van der Waals surface area contributed by atoms with Gasteiger partial charge in [0.05, 0.1) is 6.10 Å². The predicted molar refractivity (Wildman–Crippen MR) is 53.6 cm³/mol. The van der Waals surface area contributed by atoms with E-state index in [2.05, 4.69) is 4.90 Å². The second-order valence-electron chi connectivity index (χ2n) is 4.74. The zero-order valence-corrected chi connectivity index (χ0v) is 8.58. The summed E-state index contributed by atoms with van der Waals surface area (Å²) in [4.78, 5) is 2.52. The summed E-state index contributed by atoms with van der Waals surface area (Å²) >= 11 is 0. The Labute approximate surface area is 80.9 Å². The minimum atomic E-state index is -0.153. The molecule has 2 heteroatoms. The molecule has 2 nitrogen and oxygen atoms in total. The first-order valence-corrected chi connectivity index (χ1v) is 5.69.